The highest BCUT2D eigenvalue weighted by atomic mass is 79.9. The molecule has 0 N–H and O–H groups in total. The summed E-state index contributed by atoms with van der Waals surface area (Å²) in [6.07, 6.45) is 1.13. The van der Waals surface area contributed by atoms with Gasteiger partial charge in [-0.15, -0.1) is 23.1 Å². The molecule has 0 saturated heterocycles. The summed E-state index contributed by atoms with van der Waals surface area (Å²) in [5.41, 5.74) is 0. The van der Waals surface area contributed by atoms with Crippen molar-refractivity contribution in [2.24, 2.45) is 0 Å². The zero-order valence-electron chi connectivity index (χ0n) is 9.02. The van der Waals surface area contributed by atoms with Gasteiger partial charge in [0.15, 0.2) is 0 Å². The molecule has 1 atom stereocenters. The van der Waals surface area contributed by atoms with Crippen LogP contribution in [0, 0.1) is 0 Å². The predicted molar refractivity (Wildman–Crippen MR) is 77.5 cm³/mol. The van der Waals surface area contributed by atoms with Gasteiger partial charge in [-0.3, -0.25) is 0 Å². The molecule has 1 aromatic heterocycles. The van der Waals surface area contributed by atoms with Gasteiger partial charge in [-0.05, 0) is 46.6 Å². The molecule has 1 unspecified atom stereocenters. The molecule has 0 nitrogen and oxygen atoms in total. The number of thiophene rings is 1. The van der Waals surface area contributed by atoms with Crippen molar-refractivity contribution < 1.29 is 0 Å². The average molecular weight is 313 g/mol. The molecule has 0 spiro atoms. The van der Waals surface area contributed by atoms with Crippen molar-refractivity contribution in [1.82, 2.24) is 0 Å². The average Bonchev–Trinajstić information content (AvgIpc) is 2.65. The van der Waals surface area contributed by atoms with Gasteiger partial charge < -0.3 is 0 Å². The molecule has 2 aromatic rings. The van der Waals surface area contributed by atoms with Gasteiger partial charge in [-0.25, -0.2) is 0 Å². The van der Waals surface area contributed by atoms with E-state index in [2.05, 4.69) is 65.3 Å². The van der Waals surface area contributed by atoms with Crippen LogP contribution >= 0.6 is 39.0 Å². The van der Waals surface area contributed by atoms with E-state index in [9.17, 15) is 0 Å². The van der Waals surface area contributed by atoms with Gasteiger partial charge in [0.05, 0.1) is 3.79 Å². The molecule has 0 aliphatic carbocycles. The van der Waals surface area contributed by atoms with Crippen LogP contribution in [0.4, 0.5) is 0 Å². The standard InChI is InChI=1S/C13H13BrS2/c1-10(9-12-7-8-13(14)16-12)15-11-5-3-2-4-6-11/h2-8,10H,9H2,1H3. The van der Waals surface area contributed by atoms with Crippen LogP contribution in [-0.4, -0.2) is 5.25 Å². The fraction of sp³-hybridized carbons (Fsp3) is 0.231. The molecular formula is C13H13BrS2. The molecule has 2 rings (SSSR count). The van der Waals surface area contributed by atoms with Gasteiger partial charge in [0, 0.05) is 15.0 Å². The van der Waals surface area contributed by atoms with Gasteiger partial charge in [0.25, 0.3) is 0 Å². The van der Waals surface area contributed by atoms with Gasteiger partial charge >= 0.3 is 0 Å². The van der Waals surface area contributed by atoms with Crippen molar-refractivity contribution in [2.75, 3.05) is 0 Å². The van der Waals surface area contributed by atoms with Crippen LogP contribution in [0.5, 0.6) is 0 Å². The van der Waals surface area contributed by atoms with E-state index in [1.54, 1.807) is 0 Å². The second-order valence-corrected chi connectivity index (χ2v) is 7.71. The fourth-order valence-corrected chi connectivity index (χ4v) is 4.28. The Balaban J connectivity index is 1.92. The highest BCUT2D eigenvalue weighted by Gasteiger charge is 2.07. The first-order valence-electron chi connectivity index (χ1n) is 5.20. The summed E-state index contributed by atoms with van der Waals surface area (Å²) in [6, 6.07) is 14.9. The highest BCUT2D eigenvalue weighted by molar-refractivity contribution is 9.11. The maximum absolute atomic E-state index is 3.50. The second-order valence-electron chi connectivity index (χ2n) is 3.65. The Bertz CT molecular complexity index is 436. The van der Waals surface area contributed by atoms with E-state index in [1.807, 2.05) is 23.1 Å². The van der Waals surface area contributed by atoms with E-state index in [0.717, 1.165) is 6.42 Å². The molecule has 3 heteroatoms. The van der Waals surface area contributed by atoms with Crippen LogP contribution in [0.25, 0.3) is 0 Å². The minimum atomic E-state index is 0.618. The molecule has 16 heavy (non-hydrogen) atoms. The van der Waals surface area contributed by atoms with Crippen LogP contribution < -0.4 is 0 Å². The molecule has 0 saturated carbocycles. The maximum Gasteiger partial charge on any atom is 0.0701 e. The smallest absolute Gasteiger partial charge is 0.0701 e. The Morgan fingerprint density at radius 3 is 2.56 bits per heavy atom. The Morgan fingerprint density at radius 2 is 1.94 bits per heavy atom. The van der Waals surface area contributed by atoms with E-state index in [1.165, 1.54) is 13.6 Å². The lowest BCUT2D eigenvalue weighted by atomic mass is 10.3. The fourth-order valence-electron chi connectivity index (χ4n) is 1.52. The Labute approximate surface area is 113 Å². The van der Waals surface area contributed by atoms with Crippen LogP contribution in [0.1, 0.15) is 11.8 Å². The summed E-state index contributed by atoms with van der Waals surface area (Å²) in [5.74, 6) is 0. The van der Waals surface area contributed by atoms with Crippen molar-refractivity contribution in [2.45, 2.75) is 23.5 Å². The van der Waals surface area contributed by atoms with Crippen molar-refractivity contribution in [3.05, 3.63) is 51.1 Å². The molecule has 0 fully saturated rings. The van der Waals surface area contributed by atoms with E-state index in [4.69, 9.17) is 0 Å². The normalized spacial score (nSPS) is 12.6. The quantitative estimate of drug-likeness (QED) is 0.696. The number of thioether (sulfide) groups is 1. The molecule has 1 aromatic carbocycles. The summed E-state index contributed by atoms with van der Waals surface area (Å²) in [6.45, 7) is 2.28. The molecule has 0 bridgehead atoms. The molecule has 1 heterocycles. The van der Waals surface area contributed by atoms with Crippen molar-refractivity contribution in [3.8, 4) is 0 Å². The number of halogens is 1. The predicted octanol–water partition coefficient (Wildman–Crippen LogP) is 5.23. The Morgan fingerprint density at radius 1 is 1.19 bits per heavy atom. The van der Waals surface area contributed by atoms with Gasteiger partial charge in [-0.1, -0.05) is 25.1 Å². The third-order valence-electron chi connectivity index (χ3n) is 2.20. The van der Waals surface area contributed by atoms with Crippen LogP contribution in [-0.2, 0) is 6.42 Å². The van der Waals surface area contributed by atoms with Crippen LogP contribution in [0.15, 0.2) is 51.1 Å². The third kappa shape index (κ3) is 3.65. The van der Waals surface area contributed by atoms with Crippen molar-refractivity contribution in [3.63, 3.8) is 0 Å². The molecule has 0 aliphatic rings. The second kappa shape index (κ2) is 5.89. The van der Waals surface area contributed by atoms with Crippen molar-refractivity contribution in [1.29, 1.82) is 0 Å². The maximum atomic E-state index is 3.50. The van der Waals surface area contributed by atoms with Gasteiger partial charge in [0.1, 0.15) is 0 Å². The van der Waals surface area contributed by atoms with Gasteiger partial charge in [0.2, 0.25) is 0 Å². The summed E-state index contributed by atoms with van der Waals surface area (Å²) in [7, 11) is 0. The number of hydrogen-bond donors (Lipinski definition) is 0. The Kier molecular flexibility index (Phi) is 4.50. The van der Waals surface area contributed by atoms with Crippen LogP contribution in [0.2, 0.25) is 0 Å². The van der Waals surface area contributed by atoms with E-state index >= 15 is 0 Å². The number of rotatable bonds is 4. The minimum Gasteiger partial charge on any atom is -0.133 e. The van der Waals surface area contributed by atoms with E-state index < -0.39 is 0 Å². The molecule has 0 radical (unpaired) electrons. The van der Waals surface area contributed by atoms with Crippen LogP contribution in [0.3, 0.4) is 0 Å². The number of benzene rings is 1. The molecular weight excluding hydrogens is 300 g/mol. The zero-order chi connectivity index (χ0) is 11.4. The lowest BCUT2D eigenvalue weighted by Crippen LogP contribution is -1.99. The van der Waals surface area contributed by atoms with Crippen molar-refractivity contribution >= 4 is 39.0 Å². The SMILES string of the molecule is CC(Cc1ccc(Br)s1)Sc1ccccc1. The first-order chi connectivity index (χ1) is 7.74. The topological polar surface area (TPSA) is 0 Å². The monoisotopic (exact) mass is 312 g/mol. The van der Waals surface area contributed by atoms with E-state index in [-0.39, 0.29) is 0 Å². The van der Waals surface area contributed by atoms with E-state index in [0.29, 0.717) is 5.25 Å². The summed E-state index contributed by atoms with van der Waals surface area (Å²) >= 11 is 7.27. The first-order valence-corrected chi connectivity index (χ1v) is 7.69. The minimum absolute atomic E-state index is 0.618. The Hall–Kier alpha value is -0.250. The third-order valence-corrected chi connectivity index (χ3v) is 4.96. The molecule has 0 aliphatic heterocycles. The lowest BCUT2D eigenvalue weighted by molar-refractivity contribution is 0.961. The zero-order valence-corrected chi connectivity index (χ0v) is 12.2. The highest BCUT2D eigenvalue weighted by Crippen LogP contribution is 2.29. The lowest BCUT2D eigenvalue weighted by Gasteiger charge is -2.09. The number of hydrogen-bond acceptors (Lipinski definition) is 2. The largest absolute Gasteiger partial charge is 0.133 e. The summed E-state index contributed by atoms with van der Waals surface area (Å²) < 4.78 is 1.22. The summed E-state index contributed by atoms with van der Waals surface area (Å²) in [5, 5.41) is 0.618. The molecule has 84 valence electrons. The summed E-state index contributed by atoms with van der Waals surface area (Å²) in [4.78, 5) is 2.80. The first kappa shape index (κ1) is 12.2. The van der Waals surface area contributed by atoms with Gasteiger partial charge in [-0.2, -0.15) is 0 Å². The molecule has 0 amide bonds.